The third-order valence-corrected chi connectivity index (χ3v) is 3.14. The molecule has 0 aromatic heterocycles. The van der Waals surface area contributed by atoms with Crippen LogP contribution in [0.4, 0.5) is 0 Å². The van der Waals surface area contributed by atoms with Gasteiger partial charge in [0, 0.05) is 16.0 Å². The molecule has 0 bridgehead atoms. The van der Waals surface area contributed by atoms with Gasteiger partial charge in [0.05, 0.1) is 0 Å². The van der Waals surface area contributed by atoms with Gasteiger partial charge in [-0.3, -0.25) is 10.1 Å². The number of carbonyl (C=O) groups is 1. The van der Waals surface area contributed by atoms with Crippen molar-refractivity contribution in [3.63, 3.8) is 0 Å². The molecule has 0 aliphatic carbocycles. The molecule has 0 spiro atoms. The first-order chi connectivity index (χ1) is 10.3. The fourth-order valence-electron chi connectivity index (χ4n) is 2.15. The zero-order valence-corrected chi connectivity index (χ0v) is 12.5. The molecule has 2 aromatic carbocycles. The summed E-state index contributed by atoms with van der Waals surface area (Å²) < 4.78 is 5.03. The molecule has 0 radical (unpaired) electrons. The van der Waals surface area contributed by atoms with Gasteiger partial charge in [-0.05, 0) is 24.6 Å². The van der Waals surface area contributed by atoms with Gasteiger partial charge in [-0.1, -0.05) is 42.5 Å². The molecule has 0 saturated heterocycles. The number of hydrogen-bond donors (Lipinski definition) is 1. The largest absolute Gasteiger partial charge is 0.458 e. The van der Waals surface area contributed by atoms with Crippen LogP contribution in [-0.4, -0.2) is 23.0 Å². The molecule has 0 aliphatic heterocycles. The van der Waals surface area contributed by atoms with Gasteiger partial charge in [0.2, 0.25) is 0 Å². The highest BCUT2D eigenvalue weighted by Crippen LogP contribution is 2.27. The second-order valence-corrected chi connectivity index (χ2v) is 5.85. The van der Waals surface area contributed by atoms with Crippen molar-refractivity contribution in [2.45, 2.75) is 25.4 Å². The van der Waals surface area contributed by atoms with E-state index in [1.54, 1.807) is 38.1 Å². The van der Waals surface area contributed by atoms with Crippen LogP contribution >= 0.6 is 0 Å². The minimum atomic E-state index is -1.56. The number of carbonyl (C=O) groups excluding carboxylic acids is 1. The zero-order valence-electron chi connectivity index (χ0n) is 12.5. The van der Waals surface area contributed by atoms with Crippen molar-refractivity contribution in [2.75, 3.05) is 6.61 Å². The van der Waals surface area contributed by atoms with E-state index in [0.717, 1.165) is 5.39 Å². The van der Waals surface area contributed by atoms with Gasteiger partial charge in [-0.2, -0.15) is 0 Å². The molecule has 0 heterocycles. The maximum absolute atomic E-state index is 12.2. The van der Waals surface area contributed by atoms with Crippen LogP contribution < -0.4 is 5.73 Å². The van der Waals surface area contributed by atoms with Crippen molar-refractivity contribution >= 4 is 16.7 Å². The predicted molar refractivity (Wildman–Crippen MR) is 82.9 cm³/mol. The van der Waals surface area contributed by atoms with Gasteiger partial charge in [-0.15, -0.1) is 0 Å². The first kappa shape index (κ1) is 15.9. The second-order valence-electron chi connectivity index (χ2n) is 5.85. The summed E-state index contributed by atoms with van der Waals surface area (Å²) in [6.45, 7) is 3.28. The van der Waals surface area contributed by atoms with Crippen molar-refractivity contribution < 1.29 is 14.5 Å². The molecule has 0 saturated carbocycles. The van der Waals surface area contributed by atoms with Crippen molar-refractivity contribution in [1.82, 2.24) is 0 Å². The Bertz CT molecular complexity index is 701. The molecule has 2 N–H and O–H groups in total. The monoisotopic (exact) mass is 302 g/mol. The third kappa shape index (κ3) is 3.59. The summed E-state index contributed by atoms with van der Waals surface area (Å²) in [5, 5.41) is 12.9. The third-order valence-electron chi connectivity index (χ3n) is 3.14. The fraction of sp³-hybridized carbons (Fsp3) is 0.312. The second kappa shape index (κ2) is 6.11. The van der Waals surface area contributed by atoms with E-state index in [0.29, 0.717) is 10.9 Å². The zero-order chi connectivity index (χ0) is 16.3. The summed E-state index contributed by atoms with van der Waals surface area (Å²) in [5.41, 5.74) is 5.32. The summed E-state index contributed by atoms with van der Waals surface area (Å²) in [6.07, 6.45) is 0. The number of fused-ring (bicyclic) bond motifs is 1. The van der Waals surface area contributed by atoms with Crippen LogP contribution in [0.1, 0.15) is 25.5 Å². The Balaban J connectivity index is 2.39. The van der Waals surface area contributed by atoms with Gasteiger partial charge >= 0.3 is 12.0 Å². The standard InChI is InChI=1S/C16H18N2O4/c1-16(2,17)10-22-15(19)14(18(20)21)13-9-5-7-11-6-3-4-8-12(11)13/h3-9,14H,10,17H2,1-2H3. The van der Waals surface area contributed by atoms with E-state index in [1.807, 2.05) is 18.2 Å². The number of nitrogens with zero attached hydrogens (tertiary/aromatic N) is 1. The van der Waals surface area contributed by atoms with Crippen molar-refractivity contribution in [1.29, 1.82) is 0 Å². The van der Waals surface area contributed by atoms with Crippen molar-refractivity contribution in [3.8, 4) is 0 Å². The van der Waals surface area contributed by atoms with Crippen molar-refractivity contribution in [2.24, 2.45) is 5.73 Å². The van der Waals surface area contributed by atoms with Gasteiger partial charge < -0.3 is 10.5 Å². The Labute approximate surface area is 128 Å². The lowest BCUT2D eigenvalue weighted by Crippen LogP contribution is -2.39. The van der Waals surface area contributed by atoms with Crippen LogP contribution in [0.5, 0.6) is 0 Å². The minimum absolute atomic E-state index is 0.0824. The number of benzene rings is 2. The summed E-state index contributed by atoms with van der Waals surface area (Å²) >= 11 is 0. The van der Waals surface area contributed by atoms with E-state index in [4.69, 9.17) is 10.5 Å². The van der Waals surface area contributed by atoms with Gasteiger partial charge in [0.25, 0.3) is 0 Å². The van der Waals surface area contributed by atoms with Gasteiger partial charge in [0.15, 0.2) is 0 Å². The average molecular weight is 302 g/mol. The Hall–Kier alpha value is -2.47. The maximum Gasteiger partial charge on any atom is 0.386 e. The summed E-state index contributed by atoms with van der Waals surface area (Å²) in [4.78, 5) is 22.9. The topological polar surface area (TPSA) is 95.5 Å². The molecular weight excluding hydrogens is 284 g/mol. The fourth-order valence-corrected chi connectivity index (χ4v) is 2.15. The number of nitro groups is 1. The van der Waals surface area contributed by atoms with E-state index in [1.165, 1.54) is 0 Å². The normalized spacial score (nSPS) is 12.9. The van der Waals surface area contributed by atoms with E-state index in [2.05, 4.69) is 0 Å². The summed E-state index contributed by atoms with van der Waals surface area (Å²) in [5.74, 6) is -0.903. The summed E-state index contributed by atoms with van der Waals surface area (Å²) in [6, 6.07) is 10.7. The van der Waals surface area contributed by atoms with Crippen LogP contribution in [0.2, 0.25) is 0 Å². The summed E-state index contributed by atoms with van der Waals surface area (Å²) in [7, 11) is 0. The highest BCUT2D eigenvalue weighted by Gasteiger charge is 2.35. The van der Waals surface area contributed by atoms with E-state index in [-0.39, 0.29) is 6.61 Å². The smallest absolute Gasteiger partial charge is 0.386 e. The molecule has 0 aliphatic rings. The molecule has 0 fully saturated rings. The highest BCUT2D eigenvalue weighted by atomic mass is 16.6. The number of nitrogens with two attached hydrogens (primary N) is 1. The van der Waals surface area contributed by atoms with Crippen LogP contribution in [0.25, 0.3) is 10.8 Å². The van der Waals surface area contributed by atoms with Gasteiger partial charge in [0.1, 0.15) is 6.61 Å². The number of esters is 1. The first-order valence-corrected chi connectivity index (χ1v) is 6.86. The Kier molecular flexibility index (Phi) is 4.42. The molecule has 116 valence electrons. The van der Waals surface area contributed by atoms with Crippen LogP contribution in [0.15, 0.2) is 42.5 Å². The predicted octanol–water partition coefficient (Wildman–Crippen LogP) is 2.44. The van der Waals surface area contributed by atoms with Gasteiger partial charge in [-0.25, -0.2) is 4.79 Å². The van der Waals surface area contributed by atoms with Crippen LogP contribution in [0.3, 0.4) is 0 Å². The SMILES string of the molecule is CC(C)(N)COC(=O)C(c1cccc2ccccc12)[N+](=O)[O-]. The lowest BCUT2D eigenvalue weighted by Gasteiger charge is -2.19. The van der Waals surface area contributed by atoms with Crippen LogP contribution in [-0.2, 0) is 9.53 Å². The molecule has 6 nitrogen and oxygen atoms in total. The first-order valence-electron chi connectivity index (χ1n) is 6.86. The molecule has 1 atom stereocenters. The molecule has 0 amide bonds. The highest BCUT2D eigenvalue weighted by molar-refractivity contribution is 5.90. The molecular formula is C16H18N2O4. The van der Waals surface area contributed by atoms with E-state index < -0.39 is 22.5 Å². The Morgan fingerprint density at radius 2 is 1.91 bits per heavy atom. The van der Waals surface area contributed by atoms with E-state index in [9.17, 15) is 14.9 Å². The number of ether oxygens (including phenoxy) is 1. The maximum atomic E-state index is 12.2. The quantitative estimate of drug-likeness (QED) is 0.520. The van der Waals surface area contributed by atoms with Crippen molar-refractivity contribution in [3.05, 3.63) is 58.1 Å². The minimum Gasteiger partial charge on any atom is -0.458 e. The molecule has 2 rings (SSSR count). The molecule has 2 aromatic rings. The van der Waals surface area contributed by atoms with Crippen LogP contribution in [0, 0.1) is 10.1 Å². The number of hydrogen-bond acceptors (Lipinski definition) is 5. The molecule has 22 heavy (non-hydrogen) atoms. The number of rotatable bonds is 5. The van der Waals surface area contributed by atoms with E-state index >= 15 is 0 Å². The Morgan fingerprint density at radius 1 is 1.27 bits per heavy atom. The Morgan fingerprint density at radius 3 is 2.55 bits per heavy atom. The average Bonchev–Trinajstić information content (AvgIpc) is 2.44. The lowest BCUT2D eigenvalue weighted by atomic mass is 9.99. The lowest BCUT2D eigenvalue weighted by molar-refractivity contribution is -0.516. The molecule has 1 unspecified atom stereocenters. The molecule has 6 heteroatoms.